The van der Waals surface area contributed by atoms with E-state index in [4.69, 9.17) is 4.74 Å². The Labute approximate surface area is 223 Å². The Kier molecular flexibility index (Phi) is 7.73. The average molecular weight is 557 g/mol. The van der Waals surface area contributed by atoms with E-state index in [2.05, 4.69) is 35.9 Å². The van der Waals surface area contributed by atoms with E-state index in [0.717, 1.165) is 61.4 Å². The minimum absolute atomic E-state index is 0.00332. The maximum absolute atomic E-state index is 13.7. The van der Waals surface area contributed by atoms with Crippen LogP contribution in [0.5, 0.6) is 5.75 Å². The second-order valence-corrected chi connectivity index (χ2v) is 11.8. The molecule has 194 valence electrons. The summed E-state index contributed by atoms with van der Waals surface area (Å²) in [4.78, 5) is 28.8. The lowest BCUT2D eigenvalue weighted by Gasteiger charge is -2.31. The van der Waals surface area contributed by atoms with E-state index in [-0.39, 0.29) is 47.5 Å². The summed E-state index contributed by atoms with van der Waals surface area (Å²) in [6.45, 7) is 4.85. The van der Waals surface area contributed by atoms with Crippen molar-refractivity contribution < 1.29 is 19.4 Å². The van der Waals surface area contributed by atoms with E-state index >= 15 is 0 Å². The van der Waals surface area contributed by atoms with Crippen molar-refractivity contribution in [2.75, 3.05) is 6.61 Å². The number of aromatic hydroxyl groups is 1. The van der Waals surface area contributed by atoms with E-state index in [1.807, 2.05) is 12.1 Å². The van der Waals surface area contributed by atoms with Gasteiger partial charge in [0.25, 0.3) is 0 Å². The Morgan fingerprint density at radius 2 is 1.92 bits per heavy atom. The fourth-order valence-electron chi connectivity index (χ4n) is 7.06. The fourth-order valence-corrected chi connectivity index (χ4v) is 7.44. The highest BCUT2D eigenvalue weighted by Crippen LogP contribution is 2.51. The maximum Gasteiger partial charge on any atom is 0.234 e. The van der Waals surface area contributed by atoms with Gasteiger partial charge in [0.1, 0.15) is 5.75 Å². The van der Waals surface area contributed by atoms with Crippen LogP contribution in [-0.4, -0.2) is 40.6 Å². The molecular formula is C30H38BrNO4. The number of phenolic OH excluding ortho intramolecular Hbond substituents is 1. The summed E-state index contributed by atoms with van der Waals surface area (Å²) in [5, 5.41) is 10.3. The second kappa shape index (κ2) is 10.8. The summed E-state index contributed by atoms with van der Waals surface area (Å²) < 4.78 is 7.31. The lowest BCUT2D eigenvalue weighted by molar-refractivity contribution is -0.143. The molecule has 0 spiro atoms. The number of ether oxygens (including phenoxy) is 1. The topological polar surface area (TPSA) is 66.8 Å². The number of benzene rings is 1. The Morgan fingerprint density at radius 1 is 1.14 bits per heavy atom. The number of imide groups is 1. The molecule has 1 saturated carbocycles. The van der Waals surface area contributed by atoms with Gasteiger partial charge in [-0.2, -0.15) is 0 Å². The minimum Gasteiger partial charge on any atom is -0.507 e. The normalized spacial score (nSPS) is 29.2. The quantitative estimate of drug-likeness (QED) is 0.297. The van der Waals surface area contributed by atoms with Crippen molar-refractivity contribution >= 4 is 33.8 Å². The minimum atomic E-state index is -0.241. The monoisotopic (exact) mass is 555 g/mol. The number of hydrogen-bond acceptors (Lipinski definition) is 4. The van der Waals surface area contributed by atoms with Crippen LogP contribution in [0.4, 0.5) is 0 Å². The van der Waals surface area contributed by atoms with Crippen LogP contribution in [0.3, 0.4) is 0 Å². The molecule has 1 aromatic carbocycles. The average Bonchev–Trinajstić information content (AvgIpc) is 3.42. The lowest BCUT2D eigenvalue weighted by Crippen LogP contribution is -2.42. The number of amides is 2. The van der Waals surface area contributed by atoms with Crippen molar-refractivity contribution in [1.29, 1.82) is 0 Å². The summed E-state index contributed by atoms with van der Waals surface area (Å²) in [6.07, 6.45) is 11.7. The first-order chi connectivity index (χ1) is 17.4. The molecule has 5 nitrogen and oxygen atoms in total. The largest absolute Gasteiger partial charge is 0.507 e. The van der Waals surface area contributed by atoms with Gasteiger partial charge in [-0.3, -0.25) is 14.5 Å². The molecule has 2 aliphatic heterocycles. The first kappa shape index (κ1) is 25.7. The van der Waals surface area contributed by atoms with Gasteiger partial charge < -0.3 is 9.84 Å². The van der Waals surface area contributed by atoms with E-state index in [1.54, 1.807) is 11.0 Å². The smallest absolute Gasteiger partial charge is 0.234 e. The zero-order chi connectivity index (χ0) is 25.4. The highest BCUT2D eigenvalue weighted by atomic mass is 79.9. The Balaban J connectivity index is 1.34. The molecule has 6 heteroatoms. The molecule has 0 bridgehead atoms. The number of likely N-dealkylation sites (tertiary alicyclic amines) is 1. The van der Waals surface area contributed by atoms with Gasteiger partial charge >= 0.3 is 0 Å². The number of fused-ring (bicyclic) bond motifs is 3. The van der Waals surface area contributed by atoms with Crippen LogP contribution >= 0.6 is 15.9 Å². The van der Waals surface area contributed by atoms with Crippen LogP contribution in [0, 0.1) is 17.8 Å². The van der Waals surface area contributed by atoms with Crippen LogP contribution in [0.15, 0.2) is 39.4 Å². The van der Waals surface area contributed by atoms with Crippen LogP contribution in [-0.2, 0) is 14.3 Å². The number of halogens is 1. The third kappa shape index (κ3) is 4.71. The number of nitrogens with zero attached hydrogens (tertiary/aromatic N) is 1. The molecule has 2 saturated heterocycles. The molecular weight excluding hydrogens is 518 g/mol. The van der Waals surface area contributed by atoms with Gasteiger partial charge in [0.05, 0.1) is 24.5 Å². The molecule has 36 heavy (non-hydrogen) atoms. The first-order valence-electron chi connectivity index (χ1n) is 13.8. The van der Waals surface area contributed by atoms with Crippen molar-refractivity contribution in [1.82, 2.24) is 4.90 Å². The van der Waals surface area contributed by atoms with Crippen LogP contribution in [0.25, 0.3) is 6.08 Å². The number of allylic oxidation sites excluding steroid dienone is 2. The Hall–Kier alpha value is -1.92. The number of phenols is 1. The molecule has 2 heterocycles. The molecule has 0 radical (unpaired) electrons. The molecule has 0 aromatic heterocycles. The summed E-state index contributed by atoms with van der Waals surface area (Å²) in [5.41, 5.74) is 4.73. The Morgan fingerprint density at radius 3 is 2.64 bits per heavy atom. The molecule has 5 rings (SSSR count). The molecule has 1 N–H and O–H groups in total. The molecule has 4 aliphatic rings. The first-order valence-corrected chi connectivity index (χ1v) is 14.6. The van der Waals surface area contributed by atoms with Gasteiger partial charge in [-0.15, -0.1) is 0 Å². The second-order valence-electron chi connectivity index (χ2n) is 10.9. The molecule has 2 amide bonds. The zero-order valence-corrected chi connectivity index (χ0v) is 23.1. The summed E-state index contributed by atoms with van der Waals surface area (Å²) >= 11 is 3.49. The van der Waals surface area contributed by atoms with Crippen molar-refractivity contribution in [3.8, 4) is 5.75 Å². The standard InChI is InChI=1S/C30H38BrNO4/c1-3-18(14-20-15-21(31)11-12-25(20)33)10-13-26-27-19(4-2)16-23-28(24(27)17-36-26)30(35)32(29(23)34)22-8-6-5-7-9-22/h11-12,14-15,22-24,26,28,33H,3-10,13,16-17H2,1-2H3/b18-14+/t23-,24+,26-,28-/m1/s1. The molecule has 4 atom stereocenters. The van der Waals surface area contributed by atoms with Gasteiger partial charge in [0.15, 0.2) is 0 Å². The van der Waals surface area contributed by atoms with Gasteiger partial charge in [-0.1, -0.05) is 66.3 Å². The van der Waals surface area contributed by atoms with E-state index < -0.39 is 0 Å². The number of hydrogen-bond donors (Lipinski definition) is 1. The van der Waals surface area contributed by atoms with Gasteiger partial charge in [0, 0.05) is 22.0 Å². The predicted molar refractivity (Wildman–Crippen MR) is 144 cm³/mol. The third-order valence-corrected chi connectivity index (χ3v) is 9.43. The van der Waals surface area contributed by atoms with Crippen molar-refractivity contribution in [3.63, 3.8) is 0 Å². The van der Waals surface area contributed by atoms with Gasteiger partial charge in [-0.05, 0) is 68.7 Å². The molecule has 2 aliphatic carbocycles. The third-order valence-electron chi connectivity index (χ3n) is 8.94. The SMILES string of the molecule is CCC1=C2[C@@H](CC/C(=C/c3cc(Br)ccc3O)CC)OC[C@@H]2[C@@H]2C(=O)N(C3CCCCC3)C(=O)[C@@H]2C1. The van der Waals surface area contributed by atoms with Crippen LogP contribution in [0.1, 0.15) is 83.6 Å². The van der Waals surface area contributed by atoms with Gasteiger partial charge in [0.2, 0.25) is 11.8 Å². The highest BCUT2D eigenvalue weighted by Gasteiger charge is 2.57. The highest BCUT2D eigenvalue weighted by molar-refractivity contribution is 9.10. The van der Waals surface area contributed by atoms with E-state index in [1.165, 1.54) is 23.1 Å². The molecule has 1 aromatic rings. The Bertz CT molecular complexity index is 1090. The zero-order valence-electron chi connectivity index (χ0n) is 21.5. The van der Waals surface area contributed by atoms with Crippen LogP contribution < -0.4 is 0 Å². The summed E-state index contributed by atoms with van der Waals surface area (Å²) in [5.74, 6) is 0.0264. The number of rotatable bonds is 7. The predicted octanol–water partition coefficient (Wildman–Crippen LogP) is 6.79. The summed E-state index contributed by atoms with van der Waals surface area (Å²) in [7, 11) is 0. The van der Waals surface area contributed by atoms with E-state index in [9.17, 15) is 14.7 Å². The van der Waals surface area contributed by atoms with Crippen LogP contribution in [0.2, 0.25) is 0 Å². The summed E-state index contributed by atoms with van der Waals surface area (Å²) in [6, 6.07) is 5.58. The van der Waals surface area contributed by atoms with E-state index in [0.29, 0.717) is 13.0 Å². The number of carbonyl (C=O) groups is 2. The molecule has 3 fully saturated rings. The fraction of sp³-hybridized carbons (Fsp3) is 0.600. The van der Waals surface area contributed by atoms with Gasteiger partial charge in [-0.25, -0.2) is 0 Å². The van der Waals surface area contributed by atoms with Crippen molar-refractivity contribution in [3.05, 3.63) is 45.0 Å². The van der Waals surface area contributed by atoms with Crippen molar-refractivity contribution in [2.24, 2.45) is 17.8 Å². The number of carbonyl (C=O) groups excluding carboxylic acids is 2. The lowest BCUT2D eigenvalue weighted by atomic mass is 9.69. The maximum atomic E-state index is 13.7. The molecule has 0 unspecified atom stereocenters. The van der Waals surface area contributed by atoms with Crippen molar-refractivity contribution in [2.45, 2.75) is 90.2 Å².